The normalized spacial score (nSPS) is 12.3. The van der Waals surface area contributed by atoms with E-state index in [2.05, 4.69) is 5.32 Å². The second-order valence-electron chi connectivity index (χ2n) is 5.33. The van der Waals surface area contributed by atoms with Crippen molar-refractivity contribution in [3.63, 3.8) is 0 Å². The molecule has 0 heterocycles. The number of phenols is 1. The first-order valence-corrected chi connectivity index (χ1v) is 7.34. The van der Waals surface area contributed by atoms with Gasteiger partial charge in [0.1, 0.15) is 17.4 Å². The summed E-state index contributed by atoms with van der Waals surface area (Å²) in [5, 5.41) is 21.4. The van der Waals surface area contributed by atoms with Gasteiger partial charge >= 0.3 is 0 Å². The molecular formula is C19H18N2O2. The minimum Gasteiger partial charge on any atom is -0.508 e. The number of rotatable bonds is 5. The minimum absolute atomic E-state index is 0.00973. The van der Waals surface area contributed by atoms with Crippen molar-refractivity contribution >= 4 is 12.0 Å². The largest absolute Gasteiger partial charge is 0.508 e. The number of amides is 1. The molecule has 23 heavy (non-hydrogen) atoms. The van der Waals surface area contributed by atoms with E-state index in [0.29, 0.717) is 12.0 Å². The van der Waals surface area contributed by atoms with Crippen molar-refractivity contribution in [1.29, 1.82) is 5.26 Å². The van der Waals surface area contributed by atoms with Crippen LogP contribution in [0.1, 0.15) is 18.1 Å². The van der Waals surface area contributed by atoms with Gasteiger partial charge in [0, 0.05) is 6.04 Å². The molecule has 0 radical (unpaired) electrons. The number of carbonyl (C=O) groups is 1. The maximum Gasteiger partial charge on any atom is 0.262 e. The van der Waals surface area contributed by atoms with Crippen molar-refractivity contribution in [2.24, 2.45) is 0 Å². The molecule has 0 saturated heterocycles. The number of hydrogen-bond donors (Lipinski definition) is 2. The molecule has 2 N–H and O–H groups in total. The van der Waals surface area contributed by atoms with Crippen LogP contribution in [0.3, 0.4) is 0 Å². The Morgan fingerprint density at radius 2 is 2.00 bits per heavy atom. The first-order chi connectivity index (χ1) is 11.1. The molecule has 0 saturated carbocycles. The number of nitrogens with one attached hydrogen (secondary N) is 1. The van der Waals surface area contributed by atoms with Crippen molar-refractivity contribution in [2.75, 3.05) is 0 Å². The number of nitriles is 1. The van der Waals surface area contributed by atoms with E-state index >= 15 is 0 Å². The van der Waals surface area contributed by atoms with Gasteiger partial charge in [0.2, 0.25) is 0 Å². The second-order valence-corrected chi connectivity index (χ2v) is 5.33. The summed E-state index contributed by atoms with van der Waals surface area (Å²) in [6, 6.07) is 18.1. The van der Waals surface area contributed by atoms with Gasteiger partial charge in [0.15, 0.2) is 0 Å². The molecule has 0 spiro atoms. The van der Waals surface area contributed by atoms with Crippen LogP contribution in [0.5, 0.6) is 5.75 Å². The highest BCUT2D eigenvalue weighted by Crippen LogP contribution is 2.14. The average Bonchev–Trinajstić information content (AvgIpc) is 2.53. The molecule has 0 aliphatic rings. The lowest BCUT2D eigenvalue weighted by molar-refractivity contribution is -0.117. The third kappa shape index (κ3) is 5.01. The first-order valence-electron chi connectivity index (χ1n) is 7.34. The van der Waals surface area contributed by atoms with Gasteiger partial charge in [0.25, 0.3) is 5.91 Å². The van der Waals surface area contributed by atoms with E-state index in [0.717, 1.165) is 5.56 Å². The fourth-order valence-electron chi connectivity index (χ4n) is 2.25. The first kappa shape index (κ1) is 16.3. The summed E-state index contributed by atoms with van der Waals surface area (Å²) in [7, 11) is 0. The molecule has 1 atom stereocenters. The number of benzene rings is 2. The topological polar surface area (TPSA) is 73.1 Å². The van der Waals surface area contributed by atoms with Crippen molar-refractivity contribution in [3.8, 4) is 11.8 Å². The van der Waals surface area contributed by atoms with Crippen LogP contribution < -0.4 is 5.32 Å². The fourth-order valence-corrected chi connectivity index (χ4v) is 2.25. The van der Waals surface area contributed by atoms with E-state index in [4.69, 9.17) is 0 Å². The van der Waals surface area contributed by atoms with Gasteiger partial charge in [-0.15, -0.1) is 0 Å². The second kappa shape index (κ2) is 7.81. The predicted octanol–water partition coefficient (Wildman–Crippen LogP) is 3.05. The molecule has 1 amide bonds. The molecule has 1 unspecified atom stereocenters. The third-order valence-corrected chi connectivity index (χ3v) is 3.31. The smallest absolute Gasteiger partial charge is 0.262 e. The summed E-state index contributed by atoms with van der Waals surface area (Å²) in [6.45, 7) is 1.90. The zero-order valence-corrected chi connectivity index (χ0v) is 12.9. The Labute approximate surface area is 135 Å². The zero-order chi connectivity index (χ0) is 16.7. The fraction of sp³-hybridized carbons (Fsp3) is 0.158. The predicted molar refractivity (Wildman–Crippen MR) is 89.4 cm³/mol. The van der Waals surface area contributed by atoms with Crippen molar-refractivity contribution < 1.29 is 9.90 Å². The SMILES string of the molecule is CC(Cc1ccccc1)NC(=O)/C(C#N)=C/c1cccc(O)c1. The van der Waals surface area contributed by atoms with Crippen LogP contribution >= 0.6 is 0 Å². The number of aromatic hydroxyl groups is 1. The van der Waals surface area contributed by atoms with Crippen molar-refractivity contribution in [1.82, 2.24) is 5.32 Å². The van der Waals surface area contributed by atoms with E-state index in [1.165, 1.54) is 18.2 Å². The summed E-state index contributed by atoms with van der Waals surface area (Å²) < 4.78 is 0. The van der Waals surface area contributed by atoms with Gasteiger partial charge in [-0.2, -0.15) is 5.26 Å². The van der Waals surface area contributed by atoms with Crippen LogP contribution in [-0.2, 0) is 11.2 Å². The van der Waals surface area contributed by atoms with Crippen molar-refractivity contribution in [2.45, 2.75) is 19.4 Å². The highest BCUT2D eigenvalue weighted by molar-refractivity contribution is 6.01. The van der Waals surface area contributed by atoms with Crippen LogP contribution in [0.4, 0.5) is 0 Å². The van der Waals surface area contributed by atoms with Crippen LogP contribution in [0.25, 0.3) is 6.08 Å². The van der Waals surface area contributed by atoms with Crippen molar-refractivity contribution in [3.05, 3.63) is 71.3 Å². The van der Waals surface area contributed by atoms with E-state index in [1.807, 2.05) is 43.3 Å². The minimum atomic E-state index is -0.417. The molecule has 2 rings (SSSR count). The lowest BCUT2D eigenvalue weighted by atomic mass is 10.1. The van der Waals surface area contributed by atoms with Gasteiger partial charge in [-0.3, -0.25) is 4.79 Å². The molecule has 4 heteroatoms. The Hall–Kier alpha value is -3.06. The van der Waals surface area contributed by atoms with Crippen LogP contribution in [0.15, 0.2) is 60.2 Å². The maximum absolute atomic E-state index is 12.2. The van der Waals surface area contributed by atoms with Crippen LogP contribution in [0, 0.1) is 11.3 Å². The average molecular weight is 306 g/mol. The lowest BCUT2D eigenvalue weighted by Gasteiger charge is -2.13. The third-order valence-electron chi connectivity index (χ3n) is 3.31. The number of hydrogen-bond acceptors (Lipinski definition) is 3. The molecule has 2 aromatic rings. The quantitative estimate of drug-likeness (QED) is 0.658. The van der Waals surface area contributed by atoms with E-state index in [9.17, 15) is 15.2 Å². The Bertz CT molecular complexity index is 745. The standard InChI is InChI=1S/C19H18N2O2/c1-14(10-15-6-3-2-4-7-15)21-19(23)17(13-20)11-16-8-5-9-18(22)12-16/h2-9,11-12,14,22H,10H2,1H3,(H,21,23)/b17-11+. The lowest BCUT2D eigenvalue weighted by Crippen LogP contribution is -2.34. The molecular weight excluding hydrogens is 288 g/mol. The number of carbonyl (C=O) groups excluding carboxylic acids is 1. The summed E-state index contributed by atoms with van der Waals surface area (Å²) in [5.41, 5.74) is 1.73. The number of nitrogens with zero attached hydrogens (tertiary/aromatic N) is 1. The van der Waals surface area contributed by atoms with E-state index in [1.54, 1.807) is 12.1 Å². The van der Waals surface area contributed by atoms with E-state index < -0.39 is 5.91 Å². The molecule has 0 aliphatic carbocycles. The zero-order valence-electron chi connectivity index (χ0n) is 12.9. The number of phenolic OH excluding ortho intramolecular Hbond substituents is 1. The van der Waals surface area contributed by atoms with Gasteiger partial charge in [-0.1, -0.05) is 42.5 Å². The molecule has 0 aliphatic heterocycles. The van der Waals surface area contributed by atoms with Gasteiger partial charge in [-0.25, -0.2) is 0 Å². The molecule has 2 aromatic carbocycles. The monoisotopic (exact) mass is 306 g/mol. The van der Waals surface area contributed by atoms with Gasteiger partial charge in [0.05, 0.1) is 0 Å². The van der Waals surface area contributed by atoms with Crippen LogP contribution in [-0.4, -0.2) is 17.1 Å². The Morgan fingerprint density at radius 3 is 2.65 bits per heavy atom. The Balaban J connectivity index is 2.04. The molecule has 0 bridgehead atoms. The van der Waals surface area contributed by atoms with Gasteiger partial charge < -0.3 is 10.4 Å². The summed E-state index contributed by atoms with van der Waals surface area (Å²) in [6.07, 6.45) is 2.15. The molecule has 0 aromatic heterocycles. The van der Waals surface area contributed by atoms with E-state index in [-0.39, 0.29) is 17.4 Å². The van der Waals surface area contributed by atoms with Crippen LogP contribution in [0.2, 0.25) is 0 Å². The molecule has 116 valence electrons. The summed E-state index contributed by atoms with van der Waals surface area (Å²) in [5.74, 6) is -0.326. The molecule has 0 fully saturated rings. The Morgan fingerprint density at radius 1 is 1.26 bits per heavy atom. The molecule has 4 nitrogen and oxygen atoms in total. The Kier molecular flexibility index (Phi) is 5.54. The summed E-state index contributed by atoms with van der Waals surface area (Å²) in [4.78, 5) is 12.2. The highest BCUT2D eigenvalue weighted by Gasteiger charge is 2.13. The maximum atomic E-state index is 12.2. The highest BCUT2D eigenvalue weighted by atomic mass is 16.3. The van der Waals surface area contributed by atoms with Gasteiger partial charge in [-0.05, 0) is 42.7 Å². The summed E-state index contributed by atoms with van der Waals surface area (Å²) >= 11 is 0.